The fourth-order valence-electron chi connectivity index (χ4n) is 4.58. The van der Waals surface area contributed by atoms with Crippen LogP contribution in [-0.2, 0) is 13.0 Å². The number of rotatable bonds is 3. The minimum absolute atomic E-state index is 0.00600. The highest BCUT2D eigenvalue weighted by molar-refractivity contribution is 6.30. The summed E-state index contributed by atoms with van der Waals surface area (Å²) in [5.41, 5.74) is 3.99. The van der Waals surface area contributed by atoms with Crippen molar-refractivity contribution in [3.8, 4) is 0 Å². The van der Waals surface area contributed by atoms with Crippen molar-refractivity contribution in [1.82, 2.24) is 5.32 Å². The largest absolute Gasteiger partial charge is 0.355 e. The van der Waals surface area contributed by atoms with Crippen molar-refractivity contribution in [3.63, 3.8) is 0 Å². The van der Waals surface area contributed by atoms with Crippen LogP contribution in [0.4, 0.5) is 5.69 Å². The number of nitrogens with zero attached hydrogens (tertiary/aromatic N) is 1. The zero-order chi connectivity index (χ0) is 19.6. The monoisotopic (exact) mass is 395 g/mol. The maximum atomic E-state index is 12.4. The second kappa shape index (κ2) is 7.96. The zero-order valence-electron chi connectivity index (χ0n) is 16.2. The number of amides is 1. The zero-order valence-corrected chi connectivity index (χ0v) is 17.0. The molecule has 1 aliphatic heterocycles. The molecule has 1 spiro atoms. The third-order valence-electron chi connectivity index (χ3n) is 6.04. The molecule has 4 rings (SSSR count). The predicted octanol–water partition coefficient (Wildman–Crippen LogP) is 5.22. The molecule has 28 heavy (non-hydrogen) atoms. The lowest BCUT2D eigenvalue weighted by atomic mass is 9.67. The highest BCUT2D eigenvalue weighted by Crippen LogP contribution is 2.46. The second-order valence-electron chi connectivity index (χ2n) is 7.85. The topological polar surface area (TPSA) is 53.5 Å². The van der Waals surface area contributed by atoms with Crippen molar-refractivity contribution >= 4 is 29.0 Å². The molecule has 1 heterocycles. The van der Waals surface area contributed by atoms with Gasteiger partial charge in [0.2, 0.25) is 0 Å². The highest BCUT2D eigenvalue weighted by Gasteiger charge is 2.42. The Kier molecular flexibility index (Phi) is 5.40. The molecule has 2 aromatic rings. The quantitative estimate of drug-likeness (QED) is 0.748. The van der Waals surface area contributed by atoms with E-state index < -0.39 is 0 Å². The van der Waals surface area contributed by atoms with Crippen molar-refractivity contribution in [1.29, 1.82) is 0 Å². The lowest BCUT2D eigenvalue weighted by Gasteiger charge is -2.43. The van der Waals surface area contributed by atoms with Crippen molar-refractivity contribution in [3.05, 3.63) is 64.2 Å². The van der Waals surface area contributed by atoms with Crippen LogP contribution in [0.5, 0.6) is 0 Å². The number of carbonyl (C=O) groups excluding carboxylic acids is 1. The molecule has 2 aliphatic rings. The van der Waals surface area contributed by atoms with Gasteiger partial charge in [0.05, 0.1) is 6.54 Å². The van der Waals surface area contributed by atoms with E-state index in [0.29, 0.717) is 6.54 Å². The van der Waals surface area contributed by atoms with Crippen LogP contribution in [0.1, 0.15) is 53.6 Å². The Morgan fingerprint density at radius 1 is 1.18 bits per heavy atom. The molecule has 1 fully saturated rings. The molecule has 0 atom stereocenters. The molecule has 146 valence electrons. The van der Waals surface area contributed by atoms with E-state index >= 15 is 0 Å². The molecule has 0 aromatic heterocycles. The van der Waals surface area contributed by atoms with Gasteiger partial charge in [-0.25, -0.2) is 0 Å². The van der Waals surface area contributed by atoms with E-state index in [1.54, 1.807) is 7.05 Å². The average Bonchev–Trinajstić information content (AvgIpc) is 2.72. The van der Waals surface area contributed by atoms with Gasteiger partial charge in [-0.05, 0) is 54.7 Å². The van der Waals surface area contributed by atoms with Crippen molar-refractivity contribution in [2.75, 3.05) is 12.4 Å². The first-order valence-corrected chi connectivity index (χ1v) is 10.4. The molecule has 0 unspecified atom stereocenters. The normalized spacial score (nSPS) is 19.1. The van der Waals surface area contributed by atoms with Gasteiger partial charge in [0, 0.05) is 28.7 Å². The van der Waals surface area contributed by atoms with E-state index in [0.717, 1.165) is 52.5 Å². The summed E-state index contributed by atoms with van der Waals surface area (Å²) in [7, 11) is 1.69. The van der Waals surface area contributed by atoms with E-state index in [1.807, 2.05) is 36.4 Å². The van der Waals surface area contributed by atoms with Gasteiger partial charge in [-0.3, -0.25) is 9.79 Å². The summed E-state index contributed by atoms with van der Waals surface area (Å²) in [6.07, 6.45) is 6.76. The number of anilines is 1. The maximum Gasteiger partial charge on any atom is 0.251 e. The number of amidine groups is 1. The van der Waals surface area contributed by atoms with Crippen LogP contribution in [0.3, 0.4) is 0 Å². The summed E-state index contributed by atoms with van der Waals surface area (Å²) in [5, 5.41) is 7.11. The van der Waals surface area contributed by atoms with Gasteiger partial charge in [-0.1, -0.05) is 49.1 Å². The van der Waals surface area contributed by atoms with Crippen molar-refractivity contribution in [2.24, 2.45) is 10.4 Å². The van der Waals surface area contributed by atoms with Crippen LogP contribution in [0, 0.1) is 5.41 Å². The van der Waals surface area contributed by atoms with Gasteiger partial charge in [0.15, 0.2) is 0 Å². The van der Waals surface area contributed by atoms with Crippen LogP contribution in [0.25, 0.3) is 0 Å². The molecule has 0 radical (unpaired) electrons. The molecule has 2 N–H and O–H groups in total. The van der Waals surface area contributed by atoms with Crippen LogP contribution in [0.2, 0.25) is 5.02 Å². The maximum absolute atomic E-state index is 12.4. The standard InChI is InChI=1S/C23H26ClN3O/c1-25-21(28)18-9-6-10-20-19(18)14-23(11-3-2-4-12-23)22(27-20)26-15-16-7-5-8-17(24)13-16/h5-10,13H,2-4,11-12,14-15H2,1H3,(H,25,28)(H,26,27). The molecule has 2 aromatic carbocycles. The lowest BCUT2D eigenvalue weighted by Crippen LogP contribution is -2.44. The number of nitrogens with one attached hydrogen (secondary N) is 2. The van der Waals surface area contributed by atoms with Crippen LogP contribution in [-0.4, -0.2) is 18.8 Å². The first-order chi connectivity index (χ1) is 13.6. The Morgan fingerprint density at radius 3 is 2.71 bits per heavy atom. The van der Waals surface area contributed by atoms with Gasteiger partial charge in [0.25, 0.3) is 5.91 Å². The number of aliphatic imine (C=N–C) groups is 1. The number of hydrogen-bond acceptors (Lipinski definition) is 2. The molecule has 0 saturated heterocycles. The number of carbonyl (C=O) groups is 1. The summed E-state index contributed by atoms with van der Waals surface area (Å²) in [6, 6.07) is 13.8. The molecular formula is C23H26ClN3O. The number of hydrogen-bond donors (Lipinski definition) is 2. The highest BCUT2D eigenvalue weighted by atomic mass is 35.5. The minimum Gasteiger partial charge on any atom is -0.355 e. The van der Waals surface area contributed by atoms with E-state index in [1.165, 1.54) is 19.3 Å². The van der Waals surface area contributed by atoms with E-state index in [9.17, 15) is 4.79 Å². The fraction of sp³-hybridized carbons (Fsp3) is 0.391. The Balaban J connectivity index is 1.72. The first-order valence-electron chi connectivity index (χ1n) is 10.0. The van der Waals surface area contributed by atoms with E-state index in [-0.39, 0.29) is 11.3 Å². The summed E-state index contributed by atoms with van der Waals surface area (Å²) < 4.78 is 0. The molecule has 1 saturated carbocycles. The molecule has 1 aliphatic carbocycles. The summed E-state index contributed by atoms with van der Waals surface area (Å²) >= 11 is 6.13. The average molecular weight is 396 g/mol. The van der Waals surface area contributed by atoms with Gasteiger partial charge >= 0.3 is 0 Å². The van der Waals surface area contributed by atoms with Crippen molar-refractivity contribution in [2.45, 2.75) is 45.1 Å². The molecular weight excluding hydrogens is 370 g/mol. The summed E-state index contributed by atoms with van der Waals surface area (Å²) in [6.45, 7) is 0.606. The Labute approximate surface area is 171 Å². The number of benzene rings is 2. The second-order valence-corrected chi connectivity index (χ2v) is 8.28. The lowest BCUT2D eigenvalue weighted by molar-refractivity contribution is 0.0961. The van der Waals surface area contributed by atoms with Crippen molar-refractivity contribution < 1.29 is 4.79 Å². The Morgan fingerprint density at radius 2 is 1.96 bits per heavy atom. The fourth-order valence-corrected chi connectivity index (χ4v) is 4.79. The number of fused-ring (bicyclic) bond motifs is 1. The minimum atomic E-state index is -0.0241. The summed E-state index contributed by atoms with van der Waals surface area (Å²) in [4.78, 5) is 17.4. The van der Waals surface area contributed by atoms with Crippen LogP contribution in [0.15, 0.2) is 47.5 Å². The SMILES string of the molecule is CNC(=O)c1cccc2c1CC1(CCCCC1)C(=NCc1cccc(Cl)c1)N2. The first kappa shape index (κ1) is 19.0. The number of halogens is 1. The molecule has 0 bridgehead atoms. The third-order valence-corrected chi connectivity index (χ3v) is 6.27. The molecule has 1 amide bonds. The van der Waals surface area contributed by atoms with Gasteiger partial charge in [-0.2, -0.15) is 0 Å². The van der Waals surface area contributed by atoms with Gasteiger partial charge in [-0.15, -0.1) is 0 Å². The van der Waals surface area contributed by atoms with E-state index in [4.69, 9.17) is 16.6 Å². The summed E-state index contributed by atoms with van der Waals surface area (Å²) in [5.74, 6) is 1.04. The third kappa shape index (κ3) is 3.66. The van der Waals surface area contributed by atoms with Gasteiger partial charge < -0.3 is 10.6 Å². The smallest absolute Gasteiger partial charge is 0.251 e. The van der Waals surface area contributed by atoms with Crippen LogP contribution < -0.4 is 10.6 Å². The Bertz CT molecular complexity index is 916. The Hall–Kier alpha value is -2.33. The molecule has 5 heteroatoms. The van der Waals surface area contributed by atoms with Gasteiger partial charge in [0.1, 0.15) is 5.84 Å². The van der Waals surface area contributed by atoms with E-state index in [2.05, 4.69) is 16.7 Å². The molecule has 4 nitrogen and oxygen atoms in total. The van der Waals surface area contributed by atoms with Crippen LogP contribution >= 0.6 is 11.6 Å². The predicted molar refractivity (Wildman–Crippen MR) is 115 cm³/mol.